The first kappa shape index (κ1) is 30.5. The van der Waals surface area contributed by atoms with Gasteiger partial charge in [-0.2, -0.15) is 0 Å². The molecule has 0 saturated carbocycles. The van der Waals surface area contributed by atoms with Gasteiger partial charge >= 0.3 is 0 Å². The third-order valence-electron chi connectivity index (χ3n) is 6.72. The zero-order valence-electron chi connectivity index (χ0n) is 22.1. The fourth-order valence-corrected chi connectivity index (χ4v) is 4.74. The smallest absolute Gasteiger partial charge is 0.247 e. The first-order chi connectivity index (χ1) is 16.5. The van der Waals surface area contributed by atoms with E-state index >= 15 is 0 Å². The third kappa shape index (κ3) is 8.56. The first-order valence-electron chi connectivity index (χ1n) is 12.4. The van der Waals surface area contributed by atoms with Crippen LogP contribution in [-0.4, -0.2) is 47.8 Å². The fraction of sp³-hybridized carbons (Fsp3) is 0.593. The van der Waals surface area contributed by atoms with Crippen LogP contribution in [0.15, 0.2) is 36.4 Å². The summed E-state index contributed by atoms with van der Waals surface area (Å²) >= 11 is 0. The van der Waals surface area contributed by atoms with Gasteiger partial charge in [0, 0.05) is 12.0 Å². The zero-order chi connectivity index (χ0) is 26.6. The van der Waals surface area contributed by atoms with Gasteiger partial charge in [0.25, 0.3) is 0 Å². The molecule has 0 spiro atoms. The number of hydroxylamine groups is 1. The lowest BCUT2D eigenvalue weighted by molar-refractivity contribution is -0.152. The summed E-state index contributed by atoms with van der Waals surface area (Å²) in [6, 6.07) is 9.58. The Hall–Kier alpha value is -2.55. The second kappa shape index (κ2) is 14.8. The molecule has 196 valence electrons. The number of hydrogen-bond donors (Lipinski definition) is 4. The van der Waals surface area contributed by atoms with Crippen molar-refractivity contribution in [2.45, 2.75) is 65.8 Å². The highest BCUT2D eigenvalue weighted by Gasteiger charge is 2.50. The van der Waals surface area contributed by atoms with Crippen LogP contribution >= 0.6 is 0 Å². The standard InChI is InChI=1S/C27H44N4O4/c1-7-16-27(18-19(2)3,26(34)29-28)24(32)23(17-20(4)31(5)6)22(25(33)30-35)15-11-14-21-12-9-8-10-13-21/h8-14,19-20,22-23,35H,7,15-18,28H2,1-6H3,(H,29,34)(H,30,33)/b14-11+/t20?,22-,23+,27?/m0/s1. The van der Waals surface area contributed by atoms with Crippen LogP contribution in [0.1, 0.15) is 65.4 Å². The lowest BCUT2D eigenvalue weighted by Crippen LogP contribution is -2.54. The Morgan fingerprint density at radius 3 is 2.23 bits per heavy atom. The van der Waals surface area contributed by atoms with Crippen molar-refractivity contribution in [3.8, 4) is 0 Å². The SMILES string of the molecule is CCCC(CC(C)C)(C(=O)NN)C(=O)[C@H](CC(C)N(C)C)[C@H](C/C=C/c1ccccc1)C(=O)NO. The number of hydrazine groups is 1. The normalized spacial score (nSPS) is 16.1. The van der Waals surface area contributed by atoms with Crippen LogP contribution < -0.4 is 16.7 Å². The summed E-state index contributed by atoms with van der Waals surface area (Å²) in [6.07, 6.45) is 5.55. The molecule has 2 unspecified atom stereocenters. The second-order valence-electron chi connectivity index (χ2n) is 10.1. The highest BCUT2D eigenvalue weighted by atomic mass is 16.5. The molecule has 0 saturated heterocycles. The molecule has 0 aliphatic rings. The maximum absolute atomic E-state index is 14.3. The minimum Gasteiger partial charge on any atom is -0.307 e. The number of carbonyl (C=O) groups is 3. The van der Waals surface area contributed by atoms with Crippen LogP contribution in [0.25, 0.3) is 6.08 Å². The van der Waals surface area contributed by atoms with Gasteiger partial charge in [0.2, 0.25) is 11.8 Å². The summed E-state index contributed by atoms with van der Waals surface area (Å²) in [5, 5.41) is 9.56. The average molecular weight is 489 g/mol. The predicted octanol–water partition coefficient (Wildman–Crippen LogP) is 3.56. The van der Waals surface area contributed by atoms with Gasteiger partial charge in [0.15, 0.2) is 5.78 Å². The largest absolute Gasteiger partial charge is 0.307 e. The number of Topliss-reactive ketones (excluding diaryl/α,β-unsaturated/α-hetero) is 1. The number of hydrogen-bond acceptors (Lipinski definition) is 6. The molecule has 8 nitrogen and oxygen atoms in total. The lowest BCUT2D eigenvalue weighted by Gasteiger charge is -2.38. The van der Waals surface area contributed by atoms with E-state index in [0.29, 0.717) is 25.7 Å². The zero-order valence-corrected chi connectivity index (χ0v) is 22.1. The van der Waals surface area contributed by atoms with Gasteiger partial charge in [0.1, 0.15) is 5.41 Å². The number of nitrogens with two attached hydrogens (primary N) is 1. The summed E-state index contributed by atoms with van der Waals surface area (Å²) in [4.78, 5) is 42.4. The molecule has 1 aromatic carbocycles. The van der Waals surface area contributed by atoms with Gasteiger partial charge < -0.3 is 4.90 Å². The molecule has 0 fully saturated rings. The number of benzene rings is 1. The summed E-state index contributed by atoms with van der Waals surface area (Å²) < 4.78 is 0. The Morgan fingerprint density at radius 1 is 1.11 bits per heavy atom. The topological polar surface area (TPSA) is 125 Å². The van der Waals surface area contributed by atoms with Crippen molar-refractivity contribution < 1.29 is 19.6 Å². The van der Waals surface area contributed by atoms with E-state index in [1.54, 1.807) is 5.48 Å². The van der Waals surface area contributed by atoms with Gasteiger partial charge in [-0.05, 0) is 58.2 Å². The molecule has 4 atom stereocenters. The number of carbonyl (C=O) groups excluding carboxylic acids is 3. The van der Waals surface area contributed by atoms with Crippen molar-refractivity contribution in [3.05, 3.63) is 42.0 Å². The maximum atomic E-state index is 14.3. The Labute approximate surface area is 210 Å². The van der Waals surface area contributed by atoms with E-state index in [1.807, 2.05) is 89.2 Å². The number of allylic oxidation sites excluding steroid dienone is 1. The van der Waals surface area contributed by atoms with Crippen LogP contribution in [0.4, 0.5) is 0 Å². The van der Waals surface area contributed by atoms with E-state index in [9.17, 15) is 19.6 Å². The molecule has 0 aromatic heterocycles. The third-order valence-corrected chi connectivity index (χ3v) is 6.72. The highest BCUT2D eigenvalue weighted by molar-refractivity contribution is 6.08. The maximum Gasteiger partial charge on any atom is 0.247 e. The second-order valence-corrected chi connectivity index (χ2v) is 10.1. The lowest BCUT2D eigenvalue weighted by atomic mass is 9.65. The highest BCUT2D eigenvalue weighted by Crippen LogP contribution is 2.40. The van der Waals surface area contributed by atoms with Crippen molar-refractivity contribution in [2.24, 2.45) is 29.0 Å². The summed E-state index contributed by atoms with van der Waals surface area (Å²) in [5.74, 6) is 2.49. The summed E-state index contributed by atoms with van der Waals surface area (Å²) in [6.45, 7) is 7.81. The fourth-order valence-electron chi connectivity index (χ4n) is 4.74. The molecule has 1 rings (SSSR count). The quantitative estimate of drug-likeness (QED) is 0.0984. The van der Waals surface area contributed by atoms with Crippen LogP contribution in [0.2, 0.25) is 0 Å². The molecule has 8 heteroatoms. The molecular weight excluding hydrogens is 444 g/mol. The van der Waals surface area contributed by atoms with E-state index in [0.717, 1.165) is 5.56 Å². The van der Waals surface area contributed by atoms with Crippen LogP contribution in [-0.2, 0) is 14.4 Å². The summed E-state index contributed by atoms with van der Waals surface area (Å²) in [7, 11) is 3.81. The molecule has 0 heterocycles. The number of amides is 2. The van der Waals surface area contributed by atoms with Crippen molar-refractivity contribution in [1.29, 1.82) is 0 Å². The van der Waals surface area contributed by atoms with Gasteiger partial charge in [-0.15, -0.1) is 0 Å². The van der Waals surface area contributed by atoms with E-state index in [-0.39, 0.29) is 24.2 Å². The summed E-state index contributed by atoms with van der Waals surface area (Å²) in [5.41, 5.74) is 3.58. The molecule has 35 heavy (non-hydrogen) atoms. The minimum absolute atomic E-state index is 0.0460. The number of nitrogens with zero attached hydrogens (tertiary/aromatic N) is 1. The predicted molar refractivity (Wildman–Crippen MR) is 139 cm³/mol. The molecule has 2 amide bonds. The Balaban J connectivity index is 3.55. The first-order valence-corrected chi connectivity index (χ1v) is 12.4. The van der Waals surface area contributed by atoms with Crippen LogP contribution in [0.5, 0.6) is 0 Å². The molecule has 1 aromatic rings. The molecule has 0 bridgehead atoms. The van der Waals surface area contributed by atoms with Gasteiger partial charge in [-0.1, -0.05) is 69.7 Å². The van der Waals surface area contributed by atoms with Crippen LogP contribution in [0.3, 0.4) is 0 Å². The van der Waals surface area contributed by atoms with E-state index in [2.05, 4.69) is 5.43 Å². The molecule has 0 radical (unpaired) electrons. The van der Waals surface area contributed by atoms with E-state index in [4.69, 9.17) is 5.84 Å². The molecule has 0 aliphatic heterocycles. The monoisotopic (exact) mass is 488 g/mol. The molecule has 0 aliphatic carbocycles. The van der Waals surface area contributed by atoms with Crippen LogP contribution in [0, 0.1) is 23.2 Å². The van der Waals surface area contributed by atoms with Crippen molar-refractivity contribution in [1.82, 2.24) is 15.8 Å². The minimum atomic E-state index is -1.36. The van der Waals surface area contributed by atoms with Gasteiger partial charge in [-0.3, -0.25) is 25.0 Å². The van der Waals surface area contributed by atoms with Crippen molar-refractivity contribution in [2.75, 3.05) is 14.1 Å². The van der Waals surface area contributed by atoms with E-state index in [1.165, 1.54) is 0 Å². The molecular formula is C27H44N4O4. The Morgan fingerprint density at radius 2 is 1.74 bits per heavy atom. The van der Waals surface area contributed by atoms with Gasteiger partial charge in [-0.25, -0.2) is 11.3 Å². The Kier molecular flexibility index (Phi) is 12.9. The molecule has 5 N–H and O–H groups in total. The van der Waals surface area contributed by atoms with Crippen molar-refractivity contribution >= 4 is 23.7 Å². The Bertz CT molecular complexity index is 841. The number of nitrogens with one attached hydrogen (secondary N) is 2. The number of rotatable bonds is 15. The van der Waals surface area contributed by atoms with Gasteiger partial charge in [0.05, 0.1) is 5.92 Å². The van der Waals surface area contributed by atoms with E-state index < -0.39 is 29.1 Å². The van der Waals surface area contributed by atoms with Crippen molar-refractivity contribution in [3.63, 3.8) is 0 Å². The average Bonchev–Trinajstić information content (AvgIpc) is 2.83. The number of ketones is 1.